The number of carbonyl (C=O) groups is 1. The second kappa shape index (κ2) is 8.33. The summed E-state index contributed by atoms with van der Waals surface area (Å²) in [5.41, 5.74) is 1.04. The maximum atomic E-state index is 12.9. The van der Waals surface area contributed by atoms with Crippen molar-refractivity contribution in [2.45, 2.75) is 12.6 Å². The van der Waals surface area contributed by atoms with Gasteiger partial charge in [0.25, 0.3) is 0 Å². The van der Waals surface area contributed by atoms with E-state index in [2.05, 4.69) is 5.32 Å². The third kappa shape index (κ3) is 5.15. The molecule has 1 N–H and O–H groups in total. The maximum Gasteiger partial charge on any atom is 0.416 e. The van der Waals surface area contributed by atoms with Crippen LogP contribution in [0.1, 0.15) is 11.1 Å². The summed E-state index contributed by atoms with van der Waals surface area (Å²) in [6, 6.07) is 15.1. The van der Waals surface area contributed by atoms with Gasteiger partial charge in [0.1, 0.15) is 0 Å². The van der Waals surface area contributed by atoms with E-state index in [-0.39, 0.29) is 6.03 Å². The van der Waals surface area contributed by atoms with E-state index in [0.717, 1.165) is 24.1 Å². The number of halogens is 3. The molecule has 0 saturated carbocycles. The molecule has 2 aromatic rings. The Morgan fingerprint density at radius 1 is 0.963 bits per heavy atom. The number of benzene rings is 2. The Balaban J connectivity index is 1.48. The lowest BCUT2D eigenvalue weighted by molar-refractivity contribution is -0.137. The van der Waals surface area contributed by atoms with Crippen LogP contribution in [-0.2, 0) is 12.6 Å². The van der Waals surface area contributed by atoms with Crippen LogP contribution in [0.4, 0.5) is 23.7 Å². The fourth-order valence-corrected chi connectivity index (χ4v) is 3.12. The number of carbonyl (C=O) groups excluding carboxylic acids is 1. The van der Waals surface area contributed by atoms with Gasteiger partial charge in [0.2, 0.25) is 0 Å². The van der Waals surface area contributed by atoms with Gasteiger partial charge < -0.3 is 15.1 Å². The number of nitrogens with one attached hydrogen (secondary N) is 1. The van der Waals surface area contributed by atoms with E-state index in [4.69, 9.17) is 0 Å². The van der Waals surface area contributed by atoms with Gasteiger partial charge >= 0.3 is 12.2 Å². The standard InChI is InChI=1S/C20H22F3N3O/c21-20(22,23)17-7-4-8-18(15-17)25-11-13-26(14-12-25)19(27)24-10-9-16-5-2-1-3-6-16/h1-8,15H,9-14H2,(H,24,27). The molecule has 144 valence electrons. The first-order chi connectivity index (χ1) is 12.9. The summed E-state index contributed by atoms with van der Waals surface area (Å²) < 4.78 is 38.6. The van der Waals surface area contributed by atoms with Crippen molar-refractivity contribution in [3.05, 3.63) is 65.7 Å². The summed E-state index contributed by atoms with van der Waals surface area (Å²) in [5, 5.41) is 2.90. The number of rotatable bonds is 4. The molecule has 0 unspecified atom stereocenters. The van der Waals surface area contributed by atoms with Crippen molar-refractivity contribution in [3.8, 4) is 0 Å². The predicted octanol–water partition coefficient (Wildman–Crippen LogP) is 3.78. The van der Waals surface area contributed by atoms with Crippen molar-refractivity contribution >= 4 is 11.7 Å². The van der Waals surface area contributed by atoms with Gasteiger partial charge in [-0.1, -0.05) is 36.4 Å². The number of anilines is 1. The molecule has 2 aromatic carbocycles. The lowest BCUT2D eigenvalue weighted by Crippen LogP contribution is -2.52. The highest BCUT2D eigenvalue weighted by Gasteiger charge is 2.31. The van der Waals surface area contributed by atoms with Gasteiger partial charge in [0.05, 0.1) is 5.56 Å². The van der Waals surface area contributed by atoms with Gasteiger partial charge in [-0.15, -0.1) is 0 Å². The van der Waals surface area contributed by atoms with Gasteiger partial charge in [-0.3, -0.25) is 0 Å². The van der Waals surface area contributed by atoms with Crippen molar-refractivity contribution in [2.75, 3.05) is 37.6 Å². The van der Waals surface area contributed by atoms with Gasteiger partial charge in [-0.2, -0.15) is 13.2 Å². The first-order valence-corrected chi connectivity index (χ1v) is 8.92. The topological polar surface area (TPSA) is 35.6 Å². The minimum atomic E-state index is -4.35. The highest BCUT2D eigenvalue weighted by atomic mass is 19.4. The van der Waals surface area contributed by atoms with Crippen molar-refractivity contribution in [3.63, 3.8) is 0 Å². The molecule has 0 spiro atoms. The van der Waals surface area contributed by atoms with Gasteiger partial charge in [-0.05, 0) is 30.2 Å². The number of hydrogen-bond acceptors (Lipinski definition) is 2. The lowest BCUT2D eigenvalue weighted by Gasteiger charge is -2.36. The van der Waals surface area contributed by atoms with Gasteiger partial charge in [0.15, 0.2) is 0 Å². The van der Waals surface area contributed by atoms with Crippen LogP contribution in [-0.4, -0.2) is 43.7 Å². The molecular formula is C20H22F3N3O. The normalized spacial score (nSPS) is 14.9. The van der Waals surface area contributed by atoms with E-state index in [1.54, 1.807) is 11.0 Å². The van der Waals surface area contributed by atoms with E-state index in [9.17, 15) is 18.0 Å². The van der Waals surface area contributed by atoms with Gasteiger partial charge in [0, 0.05) is 38.4 Å². The second-order valence-corrected chi connectivity index (χ2v) is 6.49. The zero-order valence-corrected chi connectivity index (χ0v) is 14.9. The fraction of sp³-hybridized carbons (Fsp3) is 0.350. The monoisotopic (exact) mass is 377 g/mol. The highest BCUT2D eigenvalue weighted by Crippen LogP contribution is 2.31. The van der Waals surface area contributed by atoms with Crippen molar-refractivity contribution in [2.24, 2.45) is 0 Å². The number of nitrogens with zero attached hydrogens (tertiary/aromatic N) is 2. The van der Waals surface area contributed by atoms with Crippen molar-refractivity contribution < 1.29 is 18.0 Å². The number of amides is 2. The molecule has 1 heterocycles. The summed E-state index contributed by atoms with van der Waals surface area (Å²) in [5.74, 6) is 0. The average molecular weight is 377 g/mol. The second-order valence-electron chi connectivity index (χ2n) is 6.49. The molecule has 7 heteroatoms. The van der Waals surface area contributed by atoms with Crippen LogP contribution < -0.4 is 10.2 Å². The average Bonchev–Trinajstić information content (AvgIpc) is 2.68. The fourth-order valence-electron chi connectivity index (χ4n) is 3.12. The van der Waals surface area contributed by atoms with Crippen LogP contribution in [0.5, 0.6) is 0 Å². The Morgan fingerprint density at radius 3 is 2.33 bits per heavy atom. The summed E-state index contributed by atoms with van der Waals surface area (Å²) in [6.45, 7) is 2.53. The molecule has 1 aliphatic rings. The van der Waals surface area contributed by atoms with Crippen LogP contribution in [0, 0.1) is 0 Å². The molecule has 0 atom stereocenters. The third-order valence-electron chi connectivity index (χ3n) is 4.64. The summed E-state index contributed by atoms with van der Waals surface area (Å²) in [7, 11) is 0. The van der Waals surface area contributed by atoms with Gasteiger partial charge in [-0.25, -0.2) is 4.79 Å². The molecule has 2 amide bonds. The molecule has 0 aliphatic carbocycles. The van der Waals surface area contributed by atoms with Crippen LogP contribution >= 0.6 is 0 Å². The van der Waals surface area contributed by atoms with Crippen LogP contribution in [0.25, 0.3) is 0 Å². The van der Waals surface area contributed by atoms with E-state index in [1.807, 2.05) is 35.2 Å². The Hall–Kier alpha value is -2.70. The molecule has 1 aliphatic heterocycles. The molecule has 1 saturated heterocycles. The predicted molar refractivity (Wildman–Crippen MR) is 98.8 cm³/mol. The highest BCUT2D eigenvalue weighted by molar-refractivity contribution is 5.74. The third-order valence-corrected chi connectivity index (χ3v) is 4.64. The summed E-state index contributed by atoms with van der Waals surface area (Å²) in [4.78, 5) is 15.8. The van der Waals surface area contributed by atoms with E-state index in [1.165, 1.54) is 6.07 Å². The van der Waals surface area contributed by atoms with Crippen LogP contribution in [0.3, 0.4) is 0 Å². The first kappa shape index (κ1) is 19.1. The largest absolute Gasteiger partial charge is 0.416 e. The molecule has 27 heavy (non-hydrogen) atoms. The number of urea groups is 1. The molecule has 0 bridgehead atoms. The molecule has 4 nitrogen and oxygen atoms in total. The zero-order chi connectivity index (χ0) is 19.3. The SMILES string of the molecule is O=C(NCCc1ccccc1)N1CCN(c2cccc(C(F)(F)F)c2)CC1. The molecule has 1 fully saturated rings. The van der Waals surface area contributed by atoms with Crippen LogP contribution in [0.2, 0.25) is 0 Å². The minimum absolute atomic E-state index is 0.130. The Kier molecular flexibility index (Phi) is 5.88. The van der Waals surface area contributed by atoms with Crippen molar-refractivity contribution in [1.29, 1.82) is 0 Å². The molecular weight excluding hydrogens is 355 g/mol. The summed E-state index contributed by atoms with van der Waals surface area (Å²) in [6.07, 6.45) is -3.59. The smallest absolute Gasteiger partial charge is 0.368 e. The van der Waals surface area contributed by atoms with Crippen LogP contribution in [0.15, 0.2) is 54.6 Å². The molecule has 0 aromatic heterocycles. The number of piperazine rings is 1. The van der Waals surface area contributed by atoms with E-state index in [0.29, 0.717) is 38.4 Å². The molecule has 0 radical (unpaired) electrons. The Morgan fingerprint density at radius 2 is 1.67 bits per heavy atom. The van der Waals surface area contributed by atoms with E-state index < -0.39 is 11.7 Å². The minimum Gasteiger partial charge on any atom is -0.368 e. The Labute approximate surface area is 156 Å². The summed E-state index contributed by atoms with van der Waals surface area (Å²) >= 11 is 0. The molecule has 3 rings (SSSR count). The number of hydrogen-bond donors (Lipinski definition) is 1. The van der Waals surface area contributed by atoms with E-state index >= 15 is 0 Å². The lowest BCUT2D eigenvalue weighted by atomic mass is 10.1. The first-order valence-electron chi connectivity index (χ1n) is 8.92. The van der Waals surface area contributed by atoms with Crippen molar-refractivity contribution in [1.82, 2.24) is 10.2 Å². The number of alkyl halides is 3. The quantitative estimate of drug-likeness (QED) is 0.880. The zero-order valence-electron chi connectivity index (χ0n) is 14.9. The Bertz CT molecular complexity index is 757. The maximum absolute atomic E-state index is 12.9.